The van der Waals surface area contributed by atoms with Crippen molar-refractivity contribution >= 4 is 23.5 Å². The Morgan fingerprint density at radius 1 is 1.17 bits per heavy atom. The second-order valence-corrected chi connectivity index (χ2v) is 8.50. The summed E-state index contributed by atoms with van der Waals surface area (Å²) in [6, 6.07) is 7.99. The summed E-state index contributed by atoms with van der Waals surface area (Å²) in [5, 5.41) is 0.575. The zero-order chi connectivity index (χ0) is 21.3. The highest BCUT2D eigenvalue weighted by molar-refractivity contribution is 6.30. The highest BCUT2D eigenvalue weighted by atomic mass is 35.5. The van der Waals surface area contributed by atoms with Gasteiger partial charge in [-0.15, -0.1) is 0 Å². The molecular weight excluding hydrogens is 421 g/mol. The van der Waals surface area contributed by atoms with Crippen molar-refractivity contribution in [1.82, 2.24) is 9.88 Å². The minimum atomic E-state index is -4.64. The number of likely N-dealkylation sites (tertiary alicyclic amines) is 1. The van der Waals surface area contributed by atoms with Crippen LogP contribution in [0.1, 0.15) is 46.4 Å². The standard InChI is InChI=1S/C21H16ClF3N2O3/c22-13-3-1-12(2-4-13)19(5-6-19)18(29)27-8-7-20(11-27)15-9-16(21(23,24)25)26-10-14(15)17(28)30-20/h1-4,9-10H,5-8,11H2. The van der Waals surface area contributed by atoms with E-state index in [0.29, 0.717) is 24.4 Å². The lowest BCUT2D eigenvalue weighted by Crippen LogP contribution is -2.40. The maximum absolute atomic E-state index is 13.3. The Kier molecular flexibility index (Phi) is 4.00. The predicted molar refractivity (Wildman–Crippen MR) is 99.9 cm³/mol. The summed E-state index contributed by atoms with van der Waals surface area (Å²) in [5.74, 6) is -0.810. The van der Waals surface area contributed by atoms with Gasteiger partial charge >= 0.3 is 12.1 Å². The molecule has 3 aliphatic rings. The Labute approximate surface area is 174 Å². The number of carbonyl (C=O) groups is 2. The number of rotatable bonds is 2. The van der Waals surface area contributed by atoms with Gasteiger partial charge in [-0.2, -0.15) is 13.2 Å². The van der Waals surface area contributed by atoms with Gasteiger partial charge in [-0.3, -0.25) is 9.78 Å². The summed E-state index contributed by atoms with van der Waals surface area (Å²) in [4.78, 5) is 30.6. The molecule has 1 amide bonds. The second-order valence-electron chi connectivity index (χ2n) is 8.06. The fourth-order valence-corrected chi connectivity index (χ4v) is 4.64. The molecule has 1 aromatic carbocycles. The lowest BCUT2D eigenvalue weighted by Gasteiger charge is -2.27. The van der Waals surface area contributed by atoms with Crippen LogP contribution in [0.5, 0.6) is 0 Å². The van der Waals surface area contributed by atoms with E-state index < -0.39 is 28.9 Å². The monoisotopic (exact) mass is 436 g/mol. The molecule has 1 atom stereocenters. The van der Waals surface area contributed by atoms with E-state index in [2.05, 4.69) is 4.98 Å². The molecule has 2 aromatic rings. The van der Waals surface area contributed by atoms with Crippen LogP contribution in [0.3, 0.4) is 0 Å². The summed E-state index contributed by atoms with van der Waals surface area (Å²) in [5.41, 5.74) is -1.94. The molecule has 1 saturated heterocycles. The van der Waals surface area contributed by atoms with Gasteiger partial charge in [0.2, 0.25) is 5.91 Å². The molecule has 5 rings (SSSR count). The normalized spacial score (nSPS) is 24.1. The summed E-state index contributed by atoms with van der Waals surface area (Å²) in [6.45, 7) is 0.325. The first-order valence-corrected chi connectivity index (χ1v) is 9.89. The van der Waals surface area contributed by atoms with E-state index in [9.17, 15) is 22.8 Å². The summed E-state index contributed by atoms with van der Waals surface area (Å²) in [6.07, 6.45) is -2.10. The lowest BCUT2D eigenvalue weighted by molar-refractivity contribution is -0.141. The molecular formula is C21H16ClF3N2O3. The lowest BCUT2D eigenvalue weighted by atomic mass is 9.91. The van der Waals surface area contributed by atoms with Crippen molar-refractivity contribution in [2.24, 2.45) is 0 Å². The first-order chi connectivity index (χ1) is 14.1. The van der Waals surface area contributed by atoms with Crippen molar-refractivity contribution in [1.29, 1.82) is 0 Å². The highest BCUT2D eigenvalue weighted by Crippen LogP contribution is 2.52. The van der Waals surface area contributed by atoms with Crippen molar-refractivity contribution in [3.63, 3.8) is 0 Å². The third kappa shape index (κ3) is 2.80. The molecule has 2 aliphatic heterocycles. The van der Waals surface area contributed by atoms with Gasteiger partial charge in [-0.05, 0) is 36.6 Å². The average molecular weight is 437 g/mol. The van der Waals surface area contributed by atoms with E-state index in [-0.39, 0.29) is 30.0 Å². The Bertz CT molecular complexity index is 1070. The largest absolute Gasteiger partial charge is 0.449 e. The van der Waals surface area contributed by atoms with E-state index in [1.165, 1.54) is 0 Å². The van der Waals surface area contributed by atoms with Gasteiger partial charge in [0.15, 0.2) is 5.60 Å². The number of benzene rings is 1. The number of alkyl halides is 3. The van der Waals surface area contributed by atoms with E-state index in [4.69, 9.17) is 16.3 Å². The van der Waals surface area contributed by atoms with E-state index in [1.807, 2.05) is 12.1 Å². The second kappa shape index (κ2) is 6.20. The molecule has 156 valence electrons. The van der Waals surface area contributed by atoms with Gasteiger partial charge in [0.25, 0.3) is 0 Å². The quantitative estimate of drug-likeness (QED) is 0.665. The van der Waals surface area contributed by atoms with Crippen LogP contribution in [-0.4, -0.2) is 34.8 Å². The number of aromatic nitrogens is 1. The SMILES string of the molecule is O=C1OC2(CCN(C(=O)C3(c4ccc(Cl)cc4)CC3)C2)c2cc(C(F)(F)F)ncc21. The summed E-state index contributed by atoms with van der Waals surface area (Å²) >= 11 is 5.95. The third-order valence-corrected chi connectivity index (χ3v) is 6.52. The van der Waals surface area contributed by atoms with E-state index in [1.54, 1.807) is 17.0 Å². The molecule has 0 radical (unpaired) electrons. The summed E-state index contributed by atoms with van der Waals surface area (Å²) < 4.78 is 45.0. The fraction of sp³-hybridized carbons (Fsp3) is 0.381. The van der Waals surface area contributed by atoms with Crippen LogP contribution in [0.2, 0.25) is 5.02 Å². The number of hydrogen-bond donors (Lipinski definition) is 0. The van der Waals surface area contributed by atoms with E-state index in [0.717, 1.165) is 17.8 Å². The van der Waals surface area contributed by atoms with Gasteiger partial charge < -0.3 is 9.64 Å². The Hall–Kier alpha value is -2.61. The Balaban J connectivity index is 1.45. The van der Waals surface area contributed by atoms with Crippen molar-refractivity contribution in [2.45, 2.75) is 36.5 Å². The number of hydrogen-bond acceptors (Lipinski definition) is 4. The van der Waals surface area contributed by atoms with Crippen molar-refractivity contribution in [2.75, 3.05) is 13.1 Å². The Morgan fingerprint density at radius 3 is 2.50 bits per heavy atom. The van der Waals surface area contributed by atoms with Crippen molar-refractivity contribution in [3.05, 3.63) is 63.9 Å². The first-order valence-electron chi connectivity index (χ1n) is 9.51. The number of fused-ring (bicyclic) bond motifs is 2. The van der Waals surface area contributed by atoms with Crippen LogP contribution in [0.4, 0.5) is 13.2 Å². The number of pyridine rings is 1. The zero-order valence-corrected chi connectivity index (χ0v) is 16.4. The maximum Gasteiger partial charge on any atom is 0.433 e. The number of nitrogens with zero attached hydrogens (tertiary/aromatic N) is 2. The third-order valence-electron chi connectivity index (χ3n) is 6.27. The molecule has 1 aromatic heterocycles. The minimum Gasteiger partial charge on any atom is -0.449 e. The molecule has 1 spiro atoms. The molecule has 0 N–H and O–H groups in total. The van der Waals surface area contributed by atoms with Crippen LogP contribution >= 0.6 is 11.6 Å². The van der Waals surface area contributed by atoms with E-state index >= 15 is 0 Å². The van der Waals surface area contributed by atoms with Crippen LogP contribution in [-0.2, 0) is 26.7 Å². The summed E-state index contributed by atoms with van der Waals surface area (Å²) in [7, 11) is 0. The number of ether oxygens (including phenoxy) is 1. The molecule has 30 heavy (non-hydrogen) atoms. The zero-order valence-electron chi connectivity index (χ0n) is 15.6. The average Bonchev–Trinajstić information content (AvgIpc) is 3.33. The van der Waals surface area contributed by atoms with Gasteiger partial charge in [-0.25, -0.2) is 4.79 Å². The minimum absolute atomic E-state index is 0.0242. The van der Waals surface area contributed by atoms with Gasteiger partial charge in [0, 0.05) is 29.7 Å². The molecule has 2 fully saturated rings. The van der Waals surface area contributed by atoms with Crippen LogP contribution in [0.25, 0.3) is 0 Å². The number of halogens is 4. The van der Waals surface area contributed by atoms with Crippen molar-refractivity contribution < 1.29 is 27.5 Å². The number of esters is 1. The smallest absolute Gasteiger partial charge is 0.433 e. The molecule has 9 heteroatoms. The molecule has 5 nitrogen and oxygen atoms in total. The van der Waals surface area contributed by atoms with Gasteiger partial charge in [0.05, 0.1) is 17.5 Å². The maximum atomic E-state index is 13.3. The molecule has 1 unspecified atom stereocenters. The topological polar surface area (TPSA) is 59.5 Å². The fourth-order valence-electron chi connectivity index (χ4n) is 4.52. The molecule has 0 bridgehead atoms. The van der Waals surface area contributed by atoms with Crippen LogP contribution in [0.15, 0.2) is 36.5 Å². The molecule has 3 heterocycles. The predicted octanol–water partition coefficient (Wildman–Crippen LogP) is 4.08. The van der Waals surface area contributed by atoms with Gasteiger partial charge in [0.1, 0.15) is 5.69 Å². The van der Waals surface area contributed by atoms with Gasteiger partial charge in [-0.1, -0.05) is 23.7 Å². The first kappa shape index (κ1) is 19.4. The number of carbonyl (C=O) groups excluding carboxylic acids is 2. The molecule has 1 saturated carbocycles. The van der Waals surface area contributed by atoms with Crippen LogP contribution < -0.4 is 0 Å². The van der Waals surface area contributed by atoms with Crippen molar-refractivity contribution in [3.8, 4) is 0 Å². The molecule has 1 aliphatic carbocycles. The number of amides is 1. The van der Waals surface area contributed by atoms with Crippen LogP contribution in [0, 0.1) is 0 Å². The Morgan fingerprint density at radius 2 is 1.87 bits per heavy atom. The highest BCUT2D eigenvalue weighted by Gasteiger charge is 2.58.